The van der Waals surface area contributed by atoms with Gasteiger partial charge in [0.15, 0.2) is 5.16 Å². The Balaban J connectivity index is 1.41. The lowest BCUT2D eigenvalue weighted by atomic mass is 10.2. The van der Waals surface area contributed by atoms with Crippen LogP contribution >= 0.6 is 11.8 Å². The van der Waals surface area contributed by atoms with Crippen LogP contribution in [0.15, 0.2) is 58.5 Å². The van der Waals surface area contributed by atoms with Gasteiger partial charge in [-0.1, -0.05) is 23.9 Å². The predicted molar refractivity (Wildman–Crippen MR) is 119 cm³/mol. The molecule has 6 nitrogen and oxygen atoms in total. The molecule has 30 heavy (non-hydrogen) atoms. The van der Waals surface area contributed by atoms with Crippen molar-refractivity contribution in [3.05, 3.63) is 58.9 Å². The van der Waals surface area contributed by atoms with Crippen molar-refractivity contribution >= 4 is 22.7 Å². The Morgan fingerprint density at radius 2 is 1.97 bits per heavy atom. The van der Waals surface area contributed by atoms with Crippen molar-refractivity contribution in [3.8, 4) is 11.5 Å². The zero-order chi connectivity index (χ0) is 20.8. The number of nitrogens with zero attached hydrogens (tertiary/aromatic N) is 2. The van der Waals surface area contributed by atoms with Crippen LogP contribution in [-0.4, -0.2) is 41.7 Å². The lowest BCUT2D eigenvalue weighted by Gasteiger charge is -2.16. The molecule has 4 rings (SSSR count). The second-order valence-electron chi connectivity index (χ2n) is 7.19. The van der Waals surface area contributed by atoms with Crippen molar-refractivity contribution in [3.63, 3.8) is 0 Å². The Bertz CT molecular complexity index is 1030. The molecular weight excluding hydrogens is 400 g/mol. The number of hydrogen-bond donors (Lipinski definition) is 0. The molecule has 2 aromatic carbocycles. The number of aromatic nitrogens is 2. The summed E-state index contributed by atoms with van der Waals surface area (Å²) in [5, 5.41) is 1.40. The second-order valence-corrected chi connectivity index (χ2v) is 8.25. The van der Waals surface area contributed by atoms with E-state index in [0.29, 0.717) is 18.5 Å². The molecule has 1 aliphatic heterocycles. The van der Waals surface area contributed by atoms with E-state index in [0.717, 1.165) is 53.8 Å². The normalized spacial score (nSPS) is 16.1. The first-order chi connectivity index (χ1) is 14.7. The average Bonchev–Trinajstić information content (AvgIpc) is 3.30. The maximum atomic E-state index is 13.1. The summed E-state index contributed by atoms with van der Waals surface area (Å²) in [5.74, 6) is 2.44. The molecule has 0 aliphatic carbocycles. The fourth-order valence-corrected chi connectivity index (χ4v) is 4.42. The zero-order valence-electron chi connectivity index (χ0n) is 17.1. The van der Waals surface area contributed by atoms with Crippen molar-refractivity contribution in [1.82, 2.24) is 9.55 Å². The Kier molecular flexibility index (Phi) is 6.92. The number of thioether (sulfide) groups is 1. The predicted octanol–water partition coefficient (Wildman–Crippen LogP) is 4.15. The largest absolute Gasteiger partial charge is 0.497 e. The van der Waals surface area contributed by atoms with Crippen molar-refractivity contribution in [2.24, 2.45) is 0 Å². The monoisotopic (exact) mass is 426 g/mol. The molecular formula is C23H26N2O4S. The van der Waals surface area contributed by atoms with Crippen molar-refractivity contribution in [1.29, 1.82) is 0 Å². The molecule has 0 bridgehead atoms. The van der Waals surface area contributed by atoms with E-state index in [1.165, 1.54) is 0 Å². The fourth-order valence-electron chi connectivity index (χ4n) is 3.50. The Hall–Kier alpha value is -2.51. The first kappa shape index (κ1) is 20.8. The second kappa shape index (κ2) is 10.00. The van der Waals surface area contributed by atoms with Crippen LogP contribution in [0, 0.1) is 0 Å². The highest BCUT2D eigenvalue weighted by molar-refractivity contribution is 7.99. The van der Waals surface area contributed by atoms with Crippen LogP contribution in [0.4, 0.5) is 0 Å². The molecule has 0 radical (unpaired) electrons. The van der Waals surface area contributed by atoms with Crippen LogP contribution in [0.3, 0.4) is 0 Å². The van der Waals surface area contributed by atoms with E-state index >= 15 is 0 Å². The van der Waals surface area contributed by atoms with E-state index in [2.05, 4.69) is 0 Å². The highest BCUT2D eigenvalue weighted by Crippen LogP contribution is 2.22. The van der Waals surface area contributed by atoms with Gasteiger partial charge in [0, 0.05) is 12.4 Å². The summed E-state index contributed by atoms with van der Waals surface area (Å²) < 4.78 is 18.5. The number of rotatable bonds is 9. The summed E-state index contributed by atoms with van der Waals surface area (Å²) in [4.78, 5) is 17.9. The summed E-state index contributed by atoms with van der Waals surface area (Å²) in [6.45, 7) is 1.93. The maximum Gasteiger partial charge on any atom is 0.262 e. The van der Waals surface area contributed by atoms with Gasteiger partial charge in [-0.15, -0.1) is 0 Å². The first-order valence-corrected chi connectivity index (χ1v) is 11.2. The van der Waals surface area contributed by atoms with Gasteiger partial charge in [-0.2, -0.15) is 0 Å². The smallest absolute Gasteiger partial charge is 0.262 e. The van der Waals surface area contributed by atoms with Gasteiger partial charge in [0.25, 0.3) is 5.56 Å². The van der Waals surface area contributed by atoms with Crippen LogP contribution < -0.4 is 15.0 Å². The number of para-hydroxylation sites is 1. The molecule has 1 fully saturated rings. The third kappa shape index (κ3) is 4.96. The van der Waals surface area contributed by atoms with Crippen LogP contribution in [0.5, 0.6) is 11.5 Å². The van der Waals surface area contributed by atoms with Gasteiger partial charge in [0.1, 0.15) is 11.5 Å². The third-order valence-electron chi connectivity index (χ3n) is 5.08. The molecule has 0 saturated carbocycles. The standard InChI is InChI=1S/C23H26N2O4S/c1-27-17-9-11-18(12-10-17)28-14-5-15-30-23-24-21-8-3-2-7-20(21)22(26)25(23)16-19-6-4-13-29-19/h2-3,7-12,19H,4-6,13-16H2,1H3. The summed E-state index contributed by atoms with van der Waals surface area (Å²) in [6, 6.07) is 15.1. The molecule has 1 saturated heterocycles. The number of ether oxygens (including phenoxy) is 3. The van der Waals surface area contributed by atoms with Gasteiger partial charge in [-0.05, 0) is 55.7 Å². The van der Waals surface area contributed by atoms with E-state index in [1.54, 1.807) is 23.4 Å². The van der Waals surface area contributed by atoms with Crippen molar-refractivity contribution in [2.75, 3.05) is 26.1 Å². The Morgan fingerprint density at radius 1 is 1.17 bits per heavy atom. The molecule has 0 N–H and O–H groups in total. The van der Waals surface area contributed by atoms with Gasteiger partial charge < -0.3 is 14.2 Å². The first-order valence-electron chi connectivity index (χ1n) is 10.3. The molecule has 1 aliphatic rings. The van der Waals surface area contributed by atoms with Crippen molar-refractivity contribution < 1.29 is 14.2 Å². The number of fused-ring (bicyclic) bond motifs is 1. The highest BCUT2D eigenvalue weighted by Gasteiger charge is 2.20. The maximum absolute atomic E-state index is 13.1. The van der Waals surface area contributed by atoms with Gasteiger partial charge in [0.05, 0.1) is 37.3 Å². The molecule has 1 aromatic heterocycles. The van der Waals surface area contributed by atoms with Crippen LogP contribution in [0.25, 0.3) is 10.9 Å². The number of hydrogen-bond acceptors (Lipinski definition) is 6. The molecule has 0 spiro atoms. The van der Waals surface area contributed by atoms with E-state index in [4.69, 9.17) is 19.2 Å². The minimum absolute atomic E-state index is 0.00748. The van der Waals surface area contributed by atoms with Gasteiger partial charge >= 0.3 is 0 Å². The molecule has 3 aromatic rings. The van der Waals surface area contributed by atoms with Gasteiger partial charge in [-0.25, -0.2) is 4.98 Å². The Labute approximate surface area is 180 Å². The fraction of sp³-hybridized carbons (Fsp3) is 0.391. The van der Waals surface area contributed by atoms with Gasteiger partial charge in [0.2, 0.25) is 0 Å². The highest BCUT2D eigenvalue weighted by atomic mass is 32.2. The van der Waals surface area contributed by atoms with E-state index in [1.807, 2.05) is 48.5 Å². The molecule has 0 amide bonds. The number of methoxy groups -OCH3 is 1. The molecule has 1 unspecified atom stereocenters. The minimum Gasteiger partial charge on any atom is -0.497 e. The SMILES string of the molecule is COc1ccc(OCCCSc2nc3ccccc3c(=O)n2CC2CCCO2)cc1. The lowest BCUT2D eigenvalue weighted by molar-refractivity contribution is 0.0937. The summed E-state index contributed by atoms with van der Waals surface area (Å²) in [6.07, 6.45) is 2.97. The van der Waals surface area contributed by atoms with Crippen LogP contribution in [0.2, 0.25) is 0 Å². The zero-order valence-corrected chi connectivity index (χ0v) is 17.9. The quantitative estimate of drug-likeness (QED) is 0.291. The Morgan fingerprint density at radius 3 is 2.73 bits per heavy atom. The van der Waals surface area contributed by atoms with Crippen LogP contribution in [-0.2, 0) is 11.3 Å². The topological polar surface area (TPSA) is 62.6 Å². The van der Waals surface area contributed by atoms with E-state index in [9.17, 15) is 4.79 Å². The summed E-state index contributed by atoms with van der Waals surface area (Å²) >= 11 is 1.60. The molecule has 158 valence electrons. The van der Waals surface area contributed by atoms with Gasteiger partial charge in [-0.3, -0.25) is 9.36 Å². The van der Waals surface area contributed by atoms with E-state index in [-0.39, 0.29) is 11.7 Å². The molecule has 1 atom stereocenters. The number of benzene rings is 2. The molecule has 7 heteroatoms. The van der Waals surface area contributed by atoms with E-state index < -0.39 is 0 Å². The minimum atomic E-state index is 0.00748. The third-order valence-corrected chi connectivity index (χ3v) is 6.15. The van der Waals surface area contributed by atoms with Crippen molar-refractivity contribution in [2.45, 2.75) is 37.1 Å². The average molecular weight is 427 g/mol. The lowest BCUT2D eigenvalue weighted by Crippen LogP contribution is -2.28. The summed E-state index contributed by atoms with van der Waals surface area (Å²) in [7, 11) is 1.65. The van der Waals surface area contributed by atoms with Crippen LogP contribution in [0.1, 0.15) is 19.3 Å². The summed E-state index contributed by atoms with van der Waals surface area (Å²) in [5.41, 5.74) is 0.746. The molecule has 2 heterocycles.